The van der Waals surface area contributed by atoms with Gasteiger partial charge in [-0.3, -0.25) is 0 Å². The molecule has 166 valence electrons. The predicted molar refractivity (Wildman–Crippen MR) is 116 cm³/mol. The molecule has 0 radical (unpaired) electrons. The molecule has 0 spiro atoms. The van der Waals surface area contributed by atoms with Crippen molar-refractivity contribution in [3.8, 4) is 5.75 Å². The van der Waals surface area contributed by atoms with E-state index in [1.54, 1.807) is 14.2 Å². The predicted octanol–water partition coefficient (Wildman–Crippen LogP) is 4.59. The molecule has 1 aromatic rings. The van der Waals surface area contributed by atoms with Crippen LogP contribution in [0.2, 0.25) is 0 Å². The van der Waals surface area contributed by atoms with Gasteiger partial charge in [-0.15, -0.1) is 0 Å². The molecule has 0 unspecified atom stereocenters. The van der Waals surface area contributed by atoms with Crippen LogP contribution in [-0.4, -0.2) is 45.6 Å². The van der Waals surface area contributed by atoms with Crippen molar-refractivity contribution in [2.75, 3.05) is 34.4 Å². The van der Waals surface area contributed by atoms with Gasteiger partial charge in [-0.25, -0.2) is 0 Å². The molecule has 0 bridgehead atoms. The van der Waals surface area contributed by atoms with Crippen molar-refractivity contribution in [1.82, 2.24) is 0 Å². The molecule has 2 saturated carbocycles. The smallest absolute Gasteiger partial charge is 0.188 e. The molecule has 1 N–H and O–H groups in total. The maximum atomic E-state index is 9.78. The van der Waals surface area contributed by atoms with E-state index in [1.165, 1.54) is 36.0 Å². The second-order valence-corrected chi connectivity index (χ2v) is 9.40. The molecule has 3 aliphatic carbocycles. The third-order valence-electron chi connectivity index (χ3n) is 8.09. The standard InChI is InChI=1S/C25H36O5/c1-16-18(10-12-26)21-13-17(29-14-27-3)5-6-19(21)20-9-11-25(2)22(24(16)20)7-8-23(25)30-15-28-4/h5-6,10,13,16,20,22-24,26H,7-9,11-12,14-15H2,1-4H3/b18-10+/t16-,20-,22+,23+,24-,25+/m1/s1. The summed E-state index contributed by atoms with van der Waals surface area (Å²) in [6.07, 6.45) is 6.93. The van der Waals surface area contributed by atoms with Gasteiger partial charge >= 0.3 is 0 Å². The third-order valence-corrected chi connectivity index (χ3v) is 8.09. The van der Waals surface area contributed by atoms with Crippen LogP contribution in [0.15, 0.2) is 24.3 Å². The summed E-state index contributed by atoms with van der Waals surface area (Å²) < 4.78 is 22.1. The highest BCUT2D eigenvalue weighted by Gasteiger charge is 2.57. The Balaban J connectivity index is 1.70. The summed E-state index contributed by atoms with van der Waals surface area (Å²) >= 11 is 0. The summed E-state index contributed by atoms with van der Waals surface area (Å²) in [5.74, 6) is 2.93. The lowest BCUT2D eigenvalue weighted by atomic mass is 9.52. The van der Waals surface area contributed by atoms with Crippen LogP contribution in [0.3, 0.4) is 0 Å². The Labute approximate surface area is 180 Å². The van der Waals surface area contributed by atoms with Gasteiger partial charge in [-0.05, 0) is 83.6 Å². The third kappa shape index (κ3) is 3.60. The van der Waals surface area contributed by atoms with Gasteiger partial charge < -0.3 is 24.1 Å². The Morgan fingerprint density at radius 2 is 1.93 bits per heavy atom. The number of benzene rings is 1. The van der Waals surface area contributed by atoms with Crippen molar-refractivity contribution in [3.63, 3.8) is 0 Å². The molecule has 3 aliphatic rings. The minimum atomic E-state index is 0.0567. The fourth-order valence-corrected chi connectivity index (χ4v) is 6.80. The van der Waals surface area contributed by atoms with E-state index in [0.717, 1.165) is 12.2 Å². The second kappa shape index (κ2) is 8.99. The van der Waals surface area contributed by atoms with Gasteiger partial charge in [0.2, 0.25) is 0 Å². The van der Waals surface area contributed by atoms with Gasteiger partial charge in [0, 0.05) is 14.2 Å². The van der Waals surface area contributed by atoms with E-state index in [-0.39, 0.29) is 24.9 Å². The largest absolute Gasteiger partial charge is 0.468 e. The highest BCUT2D eigenvalue weighted by Crippen LogP contribution is 2.64. The lowest BCUT2D eigenvalue weighted by molar-refractivity contribution is -0.126. The minimum absolute atomic E-state index is 0.0567. The Bertz CT molecular complexity index is 775. The number of allylic oxidation sites excluding steroid dienone is 1. The maximum Gasteiger partial charge on any atom is 0.188 e. The number of hydrogen-bond acceptors (Lipinski definition) is 5. The first kappa shape index (κ1) is 21.8. The van der Waals surface area contributed by atoms with E-state index in [2.05, 4.69) is 32.0 Å². The van der Waals surface area contributed by atoms with Crippen LogP contribution >= 0.6 is 0 Å². The Morgan fingerprint density at radius 3 is 2.67 bits per heavy atom. The highest BCUT2D eigenvalue weighted by atomic mass is 16.7. The molecule has 0 aliphatic heterocycles. The van der Waals surface area contributed by atoms with Crippen LogP contribution in [0.4, 0.5) is 0 Å². The Hall–Kier alpha value is -1.40. The summed E-state index contributed by atoms with van der Waals surface area (Å²) in [6.45, 7) is 5.45. The lowest BCUT2D eigenvalue weighted by Crippen LogP contribution is -2.47. The number of fused-ring (bicyclic) bond motifs is 5. The summed E-state index contributed by atoms with van der Waals surface area (Å²) in [7, 11) is 3.33. The SMILES string of the molecule is COCOc1ccc2c(c1)/C(=C/CO)[C@@H](C)[C@@H]1[C@@H]2CC[C@]2(C)[C@@H](OCOC)CC[C@@H]12. The normalized spacial score (nSPS) is 36.3. The molecule has 0 amide bonds. The van der Waals surface area contributed by atoms with Gasteiger partial charge in [0.15, 0.2) is 6.79 Å². The van der Waals surface area contributed by atoms with E-state index in [0.29, 0.717) is 30.5 Å². The molecule has 0 aromatic heterocycles. The molecule has 6 atom stereocenters. The first-order valence-electron chi connectivity index (χ1n) is 11.2. The van der Waals surface area contributed by atoms with Crippen LogP contribution in [0, 0.1) is 23.2 Å². The summed E-state index contributed by atoms with van der Waals surface area (Å²) in [4.78, 5) is 0. The molecule has 0 saturated heterocycles. The van der Waals surface area contributed by atoms with Gasteiger partial charge in [0.25, 0.3) is 0 Å². The lowest BCUT2D eigenvalue weighted by Gasteiger charge is -2.53. The van der Waals surface area contributed by atoms with Crippen LogP contribution in [-0.2, 0) is 14.2 Å². The number of methoxy groups -OCH3 is 2. The van der Waals surface area contributed by atoms with Crippen molar-refractivity contribution in [3.05, 3.63) is 35.4 Å². The van der Waals surface area contributed by atoms with Gasteiger partial charge in [-0.2, -0.15) is 0 Å². The van der Waals surface area contributed by atoms with E-state index < -0.39 is 0 Å². The highest BCUT2D eigenvalue weighted by molar-refractivity contribution is 5.74. The minimum Gasteiger partial charge on any atom is -0.468 e. The fraction of sp³-hybridized carbons (Fsp3) is 0.680. The van der Waals surface area contributed by atoms with Crippen molar-refractivity contribution >= 4 is 5.57 Å². The monoisotopic (exact) mass is 416 g/mol. The average Bonchev–Trinajstić information content (AvgIpc) is 3.09. The average molecular weight is 417 g/mol. The molecule has 2 fully saturated rings. The first-order valence-corrected chi connectivity index (χ1v) is 11.2. The Morgan fingerprint density at radius 1 is 1.13 bits per heavy atom. The molecule has 5 nitrogen and oxygen atoms in total. The van der Waals surface area contributed by atoms with E-state index in [9.17, 15) is 5.11 Å². The molecule has 4 rings (SSSR count). The van der Waals surface area contributed by atoms with Gasteiger partial charge in [-0.1, -0.05) is 26.0 Å². The first-order chi connectivity index (χ1) is 14.5. The fourth-order valence-electron chi connectivity index (χ4n) is 6.80. The zero-order valence-electron chi connectivity index (χ0n) is 18.7. The van der Waals surface area contributed by atoms with E-state index in [4.69, 9.17) is 18.9 Å². The van der Waals surface area contributed by atoms with Gasteiger partial charge in [0.05, 0.1) is 12.7 Å². The molecule has 0 heterocycles. The molecule has 5 heteroatoms. The zero-order valence-corrected chi connectivity index (χ0v) is 18.7. The zero-order chi connectivity index (χ0) is 21.3. The van der Waals surface area contributed by atoms with Crippen LogP contribution in [0.1, 0.15) is 56.6 Å². The van der Waals surface area contributed by atoms with Crippen molar-refractivity contribution in [2.24, 2.45) is 23.2 Å². The summed E-state index contributed by atoms with van der Waals surface area (Å²) in [5.41, 5.74) is 4.09. The van der Waals surface area contributed by atoms with E-state index >= 15 is 0 Å². The maximum absolute atomic E-state index is 9.78. The molecular formula is C25H36O5. The number of hydrogen-bond donors (Lipinski definition) is 1. The van der Waals surface area contributed by atoms with Crippen LogP contribution in [0.5, 0.6) is 5.75 Å². The Kier molecular flexibility index (Phi) is 6.54. The molecule has 30 heavy (non-hydrogen) atoms. The number of rotatable bonds is 7. The van der Waals surface area contributed by atoms with E-state index in [1.807, 2.05) is 6.08 Å². The molecule has 1 aromatic carbocycles. The second-order valence-electron chi connectivity index (χ2n) is 9.40. The summed E-state index contributed by atoms with van der Waals surface area (Å²) in [6, 6.07) is 6.44. The van der Waals surface area contributed by atoms with Crippen molar-refractivity contribution in [2.45, 2.75) is 51.6 Å². The number of aliphatic hydroxyl groups is 1. The van der Waals surface area contributed by atoms with Crippen LogP contribution < -0.4 is 4.74 Å². The summed E-state index contributed by atoms with van der Waals surface area (Å²) in [5, 5.41) is 9.78. The molecular weight excluding hydrogens is 380 g/mol. The number of ether oxygens (including phenoxy) is 4. The van der Waals surface area contributed by atoms with Crippen LogP contribution in [0.25, 0.3) is 5.57 Å². The van der Waals surface area contributed by atoms with Crippen molar-refractivity contribution in [1.29, 1.82) is 0 Å². The number of aliphatic hydroxyl groups excluding tert-OH is 1. The quantitative estimate of drug-likeness (QED) is 0.659. The topological polar surface area (TPSA) is 57.2 Å². The van der Waals surface area contributed by atoms with Gasteiger partial charge in [0.1, 0.15) is 12.5 Å². The van der Waals surface area contributed by atoms with Crippen molar-refractivity contribution < 1.29 is 24.1 Å².